The zero-order valence-corrected chi connectivity index (χ0v) is 11.4. The Morgan fingerprint density at radius 3 is 2.33 bits per heavy atom. The molecule has 18 heavy (non-hydrogen) atoms. The van der Waals surface area contributed by atoms with Crippen molar-refractivity contribution in [2.45, 2.75) is 38.9 Å². The maximum atomic E-state index is 6.11. The zero-order valence-electron chi connectivity index (χ0n) is 11.4. The van der Waals surface area contributed by atoms with Gasteiger partial charge in [-0.1, -0.05) is 29.3 Å². The number of rotatable bonds is 4. The predicted molar refractivity (Wildman–Crippen MR) is 72.5 cm³/mol. The lowest BCUT2D eigenvalue weighted by Gasteiger charge is -2.36. The van der Waals surface area contributed by atoms with Crippen molar-refractivity contribution in [3.63, 3.8) is 0 Å². The molecule has 1 fully saturated rings. The number of hydrogen-bond donors (Lipinski definition) is 1. The summed E-state index contributed by atoms with van der Waals surface area (Å²) in [4.78, 5) is 0. The highest BCUT2D eigenvalue weighted by molar-refractivity contribution is 5.28. The van der Waals surface area contributed by atoms with E-state index >= 15 is 0 Å². The molecule has 2 N–H and O–H groups in total. The Morgan fingerprint density at radius 1 is 1.17 bits per heavy atom. The largest absolute Gasteiger partial charge is 0.381 e. The lowest BCUT2D eigenvalue weighted by atomic mass is 9.94. The Labute approximate surface area is 109 Å². The Balaban J connectivity index is 2.00. The van der Waals surface area contributed by atoms with E-state index in [4.69, 9.17) is 15.2 Å². The monoisotopic (exact) mass is 249 g/mol. The quantitative estimate of drug-likeness (QED) is 0.890. The standard InChI is InChI=1S/C15H23NO2/c1-12-7-13(2)9-14(8-12)10-18-15(11-16)3-5-17-6-4-15/h7-9H,3-6,10-11,16H2,1-2H3. The summed E-state index contributed by atoms with van der Waals surface area (Å²) in [5, 5.41) is 0. The molecule has 3 heteroatoms. The average molecular weight is 249 g/mol. The van der Waals surface area contributed by atoms with Gasteiger partial charge in [-0.05, 0) is 19.4 Å². The first-order valence-corrected chi connectivity index (χ1v) is 6.62. The van der Waals surface area contributed by atoms with Crippen molar-refractivity contribution in [2.24, 2.45) is 5.73 Å². The molecular formula is C15H23NO2. The molecule has 0 bridgehead atoms. The van der Waals surface area contributed by atoms with Gasteiger partial charge in [-0.3, -0.25) is 0 Å². The third kappa shape index (κ3) is 3.31. The van der Waals surface area contributed by atoms with Gasteiger partial charge in [0.05, 0.1) is 12.2 Å². The lowest BCUT2D eigenvalue weighted by molar-refractivity contribution is -0.112. The number of ether oxygens (including phenoxy) is 2. The first kappa shape index (κ1) is 13.5. The van der Waals surface area contributed by atoms with E-state index in [0.29, 0.717) is 13.2 Å². The van der Waals surface area contributed by atoms with Crippen LogP contribution >= 0.6 is 0 Å². The first-order valence-electron chi connectivity index (χ1n) is 6.62. The van der Waals surface area contributed by atoms with Crippen molar-refractivity contribution in [1.29, 1.82) is 0 Å². The molecule has 3 nitrogen and oxygen atoms in total. The fourth-order valence-corrected chi connectivity index (χ4v) is 2.54. The van der Waals surface area contributed by atoms with Crippen LogP contribution in [0.15, 0.2) is 18.2 Å². The summed E-state index contributed by atoms with van der Waals surface area (Å²) in [7, 11) is 0. The van der Waals surface area contributed by atoms with Crippen LogP contribution in [-0.4, -0.2) is 25.4 Å². The molecule has 1 saturated heterocycles. The van der Waals surface area contributed by atoms with E-state index in [0.717, 1.165) is 26.1 Å². The Morgan fingerprint density at radius 2 is 1.78 bits per heavy atom. The van der Waals surface area contributed by atoms with E-state index in [2.05, 4.69) is 32.0 Å². The Hall–Kier alpha value is -0.900. The highest BCUT2D eigenvalue weighted by Crippen LogP contribution is 2.25. The minimum absolute atomic E-state index is 0.185. The van der Waals surface area contributed by atoms with Gasteiger partial charge in [0.25, 0.3) is 0 Å². The maximum absolute atomic E-state index is 6.11. The summed E-state index contributed by atoms with van der Waals surface area (Å²) in [6.45, 7) is 6.95. The summed E-state index contributed by atoms with van der Waals surface area (Å²) in [6, 6.07) is 6.53. The topological polar surface area (TPSA) is 44.5 Å². The Bertz CT molecular complexity index is 377. The van der Waals surface area contributed by atoms with Crippen molar-refractivity contribution in [1.82, 2.24) is 0 Å². The zero-order chi connectivity index (χ0) is 13.0. The second-order valence-electron chi connectivity index (χ2n) is 5.28. The van der Waals surface area contributed by atoms with E-state index < -0.39 is 0 Å². The van der Waals surface area contributed by atoms with E-state index in [1.165, 1.54) is 16.7 Å². The molecule has 0 spiro atoms. The smallest absolute Gasteiger partial charge is 0.0852 e. The molecule has 1 aromatic carbocycles. The second-order valence-corrected chi connectivity index (χ2v) is 5.28. The summed E-state index contributed by atoms with van der Waals surface area (Å²) < 4.78 is 11.5. The van der Waals surface area contributed by atoms with Gasteiger partial charge >= 0.3 is 0 Å². The normalized spacial score (nSPS) is 18.8. The molecule has 0 atom stereocenters. The van der Waals surface area contributed by atoms with Crippen LogP contribution in [0.2, 0.25) is 0 Å². The average Bonchev–Trinajstić information content (AvgIpc) is 2.36. The summed E-state index contributed by atoms with van der Waals surface area (Å²) in [6.07, 6.45) is 1.79. The van der Waals surface area contributed by atoms with E-state index in [-0.39, 0.29) is 5.60 Å². The molecule has 1 aromatic rings. The van der Waals surface area contributed by atoms with E-state index in [1.54, 1.807) is 0 Å². The van der Waals surface area contributed by atoms with Gasteiger partial charge in [0, 0.05) is 32.6 Å². The Kier molecular flexibility index (Phi) is 4.38. The molecule has 2 rings (SSSR count). The van der Waals surface area contributed by atoms with Crippen LogP contribution in [0.25, 0.3) is 0 Å². The number of hydrogen-bond acceptors (Lipinski definition) is 3. The van der Waals surface area contributed by atoms with E-state index in [1.807, 2.05) is 0 Å². The van der Waals surface area contributed by atoms with Crippen LogP contribution in [0.5, 0.6) is 0 Å². The van der Waals surface area contributed by atoms with Crippen molar-refractivity contribution < 1.29 is 9.47 Å². The van der Waals surface area contributed by atoms with Crippen molar-refractivity contribution in [3.05, 3.63) is 34.9 Å². The maximum Gasteiger partial charge on any atom is 0.0852 e. The predicted octanol–water partition coefficient (Wildman–Crippen LogP) is 2.33. The first-order chi connectivity index (χ1) is 8.63. The van der Waals surface area contributed by atoms with Gasteiger partial charge in [0.2, 0.25) is 0 Å². The molecular weight excluding hydrogens is 226 g/mol. The van der Waals surface area contributed by atoms with Gasteiger partial charge in [-0.15, -0.1) is 0 Å². The third-order valence-corrected chi connectivity index (χ3v) is 3.60. The van der Waals surface area contributed by atoms with Crippen molar-refractivity contribution in [3.8, 4) is 0 Å². The van der Waals surface area contributed by atoms with Crippen LogP contribution in [-0.2, 0) is 16.1 Å². The summed E-state index contributed by atoms with van der Waals surface area (Å²) in [5.41, 5.74) is 9.49. The molecule has 100 valence electrons. The molecule has 0 saturated carbocycles. The van der Waals surface area contributed by atoms with Crippen molar-refractivity contribution in [2.75, 3.05) is 19.8 Å². The number of benzene rings is 1. The summed E-state index contributed by atoms with van der Waals surface area (Å²) >= 11 is 0. The van der Waals surface area contributed by atoms with Crippen LogP contribution in [0.4, 0.5) is 0 Å². The fraction of sp³-hybridized carbons (Fsp3) is 0.600. The fourth-order valence-electron chi connectivity index (χ4n) is 2.54. The van der Waals surface area contributed by atoms with Gasteiger partial charge in [-0.25, -0.2) is 0 Å². The molecule has 0 unspecified atom stereocenters. The van der Waals surface area contributed by atoms with Gasteiger partial charge in [-0.2, -0.15) is 0 Å². The molecule has 1 aliphatic rings. The molecule has 0 radical (unpaired) electrons. The van der Waals surface area contributed by atoms with Gasteiger partial charge in [0.15, 0.2) is 0 Å². The minimum atomic E-state index is -0.185. The van der Waals surface area contributed by atoms with Crippen LogP contribution in [0.1, 0.15) is 29.5 Å². The van der Waals surface area contributed by atoms with Crippen LogP contribution < -0.4 is 5.73 Å². The molecule has 1 aliphatic heterocycles. The summed E-state index contributed by atoms with van der Waals surface area (Å²) in [5.74, 6) is 0. The molecule has 0 amide bonds. The minimum Gasteiger partial charge on any atom is -0.381 e. The second kappa shape index (κ2) is 5.83. The number of nitrogens with two attached hydrogens (primary N) is 1. The SMILES string of the molecule is Cc1cc(C)cc(COC2(CN)CCOCC2)c1. The van der Waals surface area contributed by atoms with Gasteiger partial charge in [0.1, 0.15) is 0 Å². The van der Waals surface area contributed by atoms with Crippen molar-refractivity contribution >= 4 is 0 Å². The number of aryl methyl sites for hydroxylation is 2. The highest BCUT2D eigenvalue weighted by Gasteiger charge is 2.32. The highest BCUT2D eigenvalue weighted by atomic mass is 16.5. The van der Waals surface area contributed by atoms with E-state index in [9.17, 15) is 0 Å². The third-order valence-electron chi connectivity index (χ3n) is 3.60. The van der Waals surface area contributed by atoms with Crippen LogP contribution in [0, 0.1) is 13.8 Å². The lowest BCUT2D eigenvalue weighted by Crippen LogP contribution is -2.45. The van der Waals surface area contributed by atoms with Crippen LogP contribution in [0.3, 0.4) is 0 Å². The molecule has 0 aliphatic carbocycles. The molecule has 0 aromatic heterocycles. The van der Waals surface area contributed by atoms with Gasteiger partial charge < -0.3 is 15.2 Å². The molecule has 1 heterocycles.